The quantitative estimate of drug-likeness (QED) is 0.482. The number of benzene rings is 2. The highest BCUT2D eigenvalue weighted by molar-refractivity contribution is 6.42. The van der Waals surface area contributed by atoms with Gasteiger partial charge in [0.1, 0.15) is 22.8 Å². The van der Waals surface area contributed by atoms with E-state index in [1.54, 1.807) is 0 Å². The van der Waals surface area contributed by atoms with E-state index in [0.29, 0.717) is 17.2 Å². The van der Waals surface area contributed by atoms with E-state index in [4.69, 9.17) is 23.2 Å². The summed E-state index contributed by atoms with van der Waals surface area (Å²) in [6, 6.07) is 11.8. The van der Waals surface area contributed by atoms with E-state index >= 15 is 0 Å². The molecular weight excluding hydrogens is 312 g/mol. The van der Waals surface area contributed by atoms with Crippen LogP contribution in [0.25, 0.3) is 22.0 Å². The molecule has 0 amide bonds. The minimum Gasteiger partial charge on any atom is -0.298 e. The lowest BCUT2D eigenvalue weighted by Gasteiger charge is -2.11. The number of aldehydes is 1. The Morgan fingerprint density at radius 1 is 1.10 bits per heavy atom. The van der Waals surface area contributed by atoms with Crippen molar-refractivity contribution in [2.24, 2.45) is 0 Å². The molecule has 3 aromatic rings. The minimum absolute atomic E-state index is 0.0512. The van der Waals surface area contributed by atoms with Crippen molar-refractivity contribution in [2.75, 3.05) is 0 Å². The molecule has 0 unspecified atom stereocenters. The molecular formula is C16H8Cl2FNO. The van der Waals surface area contributed by atoms with E-state index in [9.17, 15) is 9.18 Å². The van der Waals surface area contributed by atoms with E-state index in [0.717, 1.165) is 11.6 Å². The molecule has 1 heterocycles. The Balaban J connectivity index is 2.40. The summed E-state index contributed by atoms with van der Waals surface area (Å²) in [5.74, 6) is -0.627. The zero-order valence-corrected chi connectivity index (χ0v) is 12.1. The number of nitrogens with zero attached hydrogens (tertiary/aromatic N) is 1. The summed E-state index contributed by atoms with van der Waals surface area (Å²) >= 11 is 12.5. The molecule has 0 aliphatic heterocycles. The fraction of sp³-hybridized carbons (Fsp3) is 0. The van der Waals surface area contributed by atoms with Crippen LogP contribution in [0.2, 0.25) is 10.2 Å². The highest BCUT2D eigenvalue weighted by Crippen LogP contribution is 2.39. The summed E-state index contributed by atoms with van der Waals surface area (Å²) in [7, 11) is 0. The number of rotatable bonds is 2. The van der Waals surface area contributed by atoms with E-state index in [1.165, 1.54) is 6.07 Å². The third-order valence-corrected chi connectivity index (χ3v) is 3.82. The van der Waals surface area contributed by atoms with Gasteiger partial charge in [0.2, 0.25) is 0 Å². The monoisotopic (exact) mass is 319 g/mol. The SMILES string of the molecule is O=Cc1cc(F)c2nc(Cl)c(-c3ccccc3)c(Cl)c2c1. The summed E-state index contributed by atoms with van der Waals surface area (Å²) in [6.07, 6.45) is 0.565. The number of hydrogen-bond acceptors (Lipinski definition) is 2. The Kier molecular flexibility index (Phi) is 3.62. The maximum Gasteiger partial charge on any atom is 0.150 e. The van der Waals surface area contributed by atoms with Gasteiger partial charge in [0, 0.05) is 16.5 Å². The van der Waals surface area contributed by atoms with Gasteiger partial charge in [0.15, 0.2) is 0 Å². The van der Waals surface area contributed by atoms with Crippen LogP contribution in [0.15, 0.2) is 42.5 Å². The molecule has 0 saturated heterocycles. The largest absolute Gasteiger partial charge is 0.298 e. The Hall–Kier alpha value is -1.97. The van der Waals surface area contributed by atoms with Crippen molar-refractivity contribution in [2.45, 2.75) is 0 Å². The molecule has 0 saturated carbocycles. The molecule has 2 aromatic carbocycles. The smallest absolute Gasteiger partial charge is 0.150 e. The Labute approximate surface area is 130 Å². The molecule has 1 aromatic heterocycles. The van der Waals surface area contributed by atoms with Crippen molar-refractivity contribution in [1.29, 1.82) is 0 Å². The van der Waals surface area contributed by atoms with Crippen LogP contribution in [0.4, 0.5) is 4.39 Å². The second kappa shape index (κ2) is 5.43. The van der Waals surface area contributed by atoms with Gasteiger partial charge < -0.3 is 0 Å². The van der Waals surface area contributed by atoms with Crippen molar-refractivity contribution in [3.63, 3.8) is 0 Å². The van der Waals surface area contributed by atoms with E-state index < -0.39 is 5.82 Å². The second-order valence-corrected chi connectivity index (χ2v) is 5.21. The van der Waals surface area contributed by atoms with E-state index in [2.05, 4.69) is 4.98 Å². The van der Waals surface area contributed by atoms with Gasteiger partial charge in [-0.05, 0) is 17.7 Å². The minimum atomic E-state index is -0.627. The van der Waals surface area contributed by atoms with Crippen LogP contribution in [0.1, 0.15) is 10.4 Å². The van der Waals surface area contributed by atoms with Crippen LogP contribution in [-0.4, -0.2) is 11.3 Å². The van der Waals surface area contributed by atoms with Crippen molar-refractivity contribution in [3.05, 3.63) is 64.0 Å². The first-order valence-corrected chi connectivity index (χ1v) is 6.86. The summed E-state index contributed by atoms with van der Waals surface area (Å²) in [5.41, 5.74) is 1.55. The average molecular weight is 320 g/mol. The fourth-order valence-corrected chi connectivity index (χ4v) is 2.88. The average Bonchev–Trinajstić information content (AvgIpc) is 2.49. The number of aromatic nitrogens is 1. The number of hydrogen-bond donors (Lipinski definition) is 0. The molecule has 0 bridgehead atoms. The molecule has 0 spiro atoms. The molecule has 21 heavy (non-hydrogen) atoms. The predicted octanol–water partition coefficient (Wildman–Crippen LogP) is 5.16. The van der Waals surface area contributed by atoms with Crippen LogP contribution < -0.4 is 0 Å². The normalized spacial score (nSPS) is 10.8. The molecule has 0 fully saturated rings. The van der Waals surface area contributed by atoms with Gasteiger partial charge in [0.05, 0.1) is 5.02 Å². The van der Waals surface area contributed by atoms with Gasteiger partial charge in [-0.15, -0.1) is 0 Å². The number of pyridine rings is 1. The molecule has 104 valence electrons. The third-order valence-electron chi connectivity index (χ3n) is 3.16. The Morgan fingerprint density at radius 2 is 1.81 bits per heavy atom. The summed E-state index contributed by atoms with van der Waals surface area (Å²) in [6.45, 7) is 0. The molecule has 5 heteroatoms. The lowest BCUT2D eigenvalue weighted by atomic mass is 10.0. The van der Waals surface area contributed by atoms with Gasteiger partial charge in [-0.2, -0.15) is 0 Å². The molecule has 0 aliphatic rings. The van der Waals surface area contributed by atoms with Gasteiger partial charge in [-0.1, -0.05) is 53.5 Å². The summed E-state index contributed by atoms with van der Waals surface area (Å²) in [5, 5.41) is 0.761. The second-order valence-electron chi connectivity index (χ2n) is 4.47. The standard InChI is InChI=1S/C16H8Cl2FNO/c17-14-11-6-9(8-21)7-12(19)15(11)20-16(18)13(14)10-4-2-1-3-5-10/h1-8H. The zero-order valence-electron chi connectivity index (χ0n) is 10.6. The first kappa shape index (κ1) is 14.0. The fourth-order valence-electron chi connectivity index (χ4n) is 2.20. The van der Waals surface area contributed by atoms with E-state index in [1.807, 2.05) is 30.3 Å². The first-order valence-electron chi connectivity index (χ1n) is 6.10. The van der Waals surface area contributed by atoms with Crippen molar-refractivity contribution >= 4 is 40.4 Å². The molecule has 0 atom stereocenters. The highest BCUT2D eigenvalue weighted by Gasteiger charge is 2.17. The molecule has 0 radical (unpaired) electrons. The Bertz CT molecular complexity index is 850. The molecule has 0 aliphatic carbocycles. The van der Waals surface area contributed by atoms with Crippen LogP contribution in [0, 0.1) is 5.82 Å². The first-order chi connectivity index (χ1) is 10.1. The summed E-state index contributed by atoms with van der Waals surface area (Å²) in [4.78, 5) is 15.0. The van der Waals surface area contributed by atoms with Crippen molar-refractivity contribution in [3.8, 4) is 11.1 Å². The van der Waals surface area contributed by atoms with Crippen LogP contribution in [0.3, 0.4) is 0 Å². The maximum atomic E-state index is 14.0. The van der Waals surface area contributed by atoms with Gasteiger partial charge in [-0.3, -0.25) is 4.79 Å². The van der Waals surface area contributed by atoms with Crippen molar-refractivity contribution in [1.82, 2.24) is 4.98 Å². The maximum absolute atomic E-state index is 14.0. The van der Waals surface area contributed by atoms with Crippen molar-refractivity contribution < 1.29 is 9.18 Å². The lowest BCUT2D eigenvalue weighted by molar-refractivity contribution is 0.112. The van der Waals surface area contributed by atoms with E-state index in [-0.39, 0.29) is 21.3 Å². The Morgan fingerprint density at radius 3 is 2.48 bits per heavy atom. The predicted molar refractivity (Wildman–Crippen MR) is 82.5 cm³/mol. The number of carbonyl (C=O) groups excluding carboxylic acids is 1. The zero-order chi connectivity index (χ0) is 15.0. The van der Waals surface area contributed by atoms with Crippen LogP contribution in [-0.2, 0) is 0 Å². The van der Waals surface area contributed by atoms with Gasteiger partial charge in [0.25, 0.3) is 0 Å². The van der Waals surface area contributed by atoms with Crippen LogP contribution in [0.5, 0.6) is 0 Å². The third kappa shape index (κ3) is 2.39. The van der Waals surface area contributed by atoms with Gasteiger partial charge in [-0.25, -0.2) is 9.37 Å². The molecule has 0 N–H and O–H groups in total. The topological polar surface area (TPSA) is 30.0 Å². The van der Waals surface area contributed by atoms with Gasteiger partial charge >= 0.3 is 0 Å². The number of carbonyl (C=O) groups is 1. The number of halogens is 3. The molecule has 3 rings (SSSR count). The lowest BCUT2D eigenvalue weighted by Crippen LogP contribution is -1.93. The number of fused-ring (bicyclic) bond motifs is 1. The highest BCUT2D eigenvalue weighted by atomic mass is 35.5. The van der Waals surface area contributed by atoms with Crippen LogP contribution >= 0.6 is 23.2 Å². The molecule has 2 nitrogen and oxygen atoms in total. The summed E-state index contributed by atoms with van der Waals surface area (Å²) < 4.78 is 14.0.